The second kappa shape index (κ2) is 12.8. The molecule has 4 saturated carbocycles. The zero-order valence-electron chi connectivity index (χ0n) is 35.2. The van der Waals surface area contributed by atoms with Crippen LogP contribution in [0.3, 0.4) is 0 Å². The second-order valence-corrected chi connectivity index (χ2v) is 25.1. The van der Waals surface area contributed by atoms with Gasteiger partial charge in [0.05, 0.1) is 15.9 Å². The maximum absolute atomic E-state index is 5.67. The molecular weight excluding hydrogens is 785 g/mol. The monoisotopic (exact) mass is 830 g/mol. The van der Waals surface area contributed by atoms with E-state index in [4.69, 9.17) is 9.97 Å². The summed E-state index contributed by atoms with van der Waals surface area (Å²) in [6.07, 6.45) is 6.87. The van der Waals surface area contributed by atoms with Crippen molar-refractivity contribution >= 4 is 50.1 Å². The highest BCUT2D eigenvalue weighted by Crippen LogP contribution is 2.70. The molecule has 2 aromatic heterocycles. The zero-order valence-corrected chi connectivity index (χ0v) is 37.0. The minimum atomic E-state index is -1.75. The van der Waals surface area contributed by atoms with Crippen LogP contribution in [0.15, 0.2) is 158 Å². The van der Waals surface area contributed by atoms with Gasteiger partial charge in [0.15, 0.2) is 5.82 Å². The molecule has 15 rings (SSSR count). The molecule has 4 bridgehead atoms. The third-order valence-corrected chi connectivity index (χ3v) is 21.0. The molecule has 5 aliphatic carbocycles. The van der Waals surface area contributed by atoms with Crippen molar-refractivity contribution in [2.75, 3.05) is 0 Å². The molecule has 4 heteroatoms. The molecule has 1 aliphatic heterocycles. The van der Waals surface area contributed by atoms with E-state index in [1.165, 1.54) is 92.3 Å². The summed E-state index contributed by atoms with van der Waals surface area (Å²) in [5, 5.41) is 4.32. The summed E-state index contributed by atoms with van der Waals surface area (Å²) in [5.74, 6) is 3.94. The summed E-state index contributed by atoms with van der Waals surface area (Å²) in [5.41, 5.74) is 18.2. The first kappa shape index (κ1) is 35.6. The molecule has 0 saturated heterocycles. The van der Waals surface area contributed by atoms with Crippen LogP contribution in [-0.2, 0) is 5.41 Å². The summed E-state index contributed by atoms with van der Waals surface area (Å²) in [6, 6.07) is 59.8. The number of benzene rings is 7. The highest BCUT2D eigenvalue weighted by atomic mass is 32.1. The second-order valence-electron chi connectivity index (χ2n) is 19.7. The third-order valence-electron chi connectivity index (χ3n) is 16.3. The highest BCUT2D eigenvalue weighted by molar-refractivity contribution is 7.26. The van der Waals surface area contributed by atoms with Gasteiger partial charge >= 0.3 is 0 Å². The number of thiophene rings is 1. The Morgan fingerprint density at radius 2 is 1.13 bits per heavy atom. The molecule has 7 aromatic carbocycles. The molecule has 298 valence electrons. The Kier molecular flexibility index (Phi) is 7.36. The van der Waals surface area contributed by atoms with Gasteiger partial charge in [-0.3, -0.25) is 0 Å². The Hall–Kier alpha value is -5.94. The van der Waals surface area contributed by atoms with Crippen LogP contribution in [0.5, 0.6) is 0 Å². The van der Waals surface area contributed by atoms with Crippen molar-refractivity contribution in [2.45, 2.75) is 50.6 Å². The maximum Gasteiger partial charge on any atom is 0.161 e. The molecule has 3 heterocycles. The largest absolute Gasteiger partial charge is 0.226 e. The van der Waals surface area contributed by atoms with Gasteiger partial charge in [-0.05, 0) is 140 Å². The van der Waals surface area contributed by atoms with Gasteiger partial charge in [-0.25, -0.2) is 9.97 Å². The molecule has 1 spiro atoms. The standard InChI is InChI=1S/C58H46N2SSi/c1-62(2)51-18-9-7-13-43(51)46-32-40(24-26-52(46)62)39-23-25-48-47(33-39)53-45(15-10-16-49(53)58(48)41-28-34-27-35(30-41)31-42(58)29-34)57-59-54(56-55(60-57)44-14-6-8-17-50(44)61-56)38-21-19-37(20-22-38)36-11-4-3-5-12-36/h3-26,32-35,41-42H,27-31H2,1-2H3. The average Bonchev–Trinajstić information content (AvgIpc) is 3.91. The first-order valence-corrected chi connectivity index (χ1v) is 26.6. The zero-order chi connectivity index (χ0) is 40.9. The molecule has 0 unspecified atom stereocenters. The summed E-state index contributed by atoms with van der Waals surface area (Å²) >= 11 is 1.82. The molecular formula is C58H46N2SSi. The molecule has 62 heavy (non-hydrogen) atoms. The van der Waals surface area contributed by atoms with E-state index in [9.17, 15) is 0 Å². The number of rotatable bonds is 4. The van der Waals surface area contributed by atoms with Gasteiger partial charge in [0.2, 0.25) is 0 Å². The van der Waals surface area contributed by atoms with Gasteiger partial charge in [0.25, 0.3) is 0 Å². The Labute approximate surface area is 368 Å². The summed E-state index contributed by atoms with van der Waals surface area (Å²) in [6.45, 7) is 5.03. The Morgan fingerprint density at radius 1 is 0.500 bits per heavy atom. The van der Waals surface area contributed by atoms with Gasteiger partial charge in [-0.1, -0.05) is 153 Å². The summed E-state index contributed by atoms with van der Waals surface area (Å²) in [4.78, 5) is 11.3. The Balaban J connectivity index is 0.993. The minimum Gasteiger partial charge on any atom is -0.226 e. The van der Waals surface area contributed by atoms with Gasteiger partial charge in [0.1, 0.15) is 8.07 Å². The van der Waals surface area contributed by atoms with Crippen LogP contribution in [-0.4, -0.2) is 18.0 Å². The molecule has 0 radical (unpaired) electrons. The molecule has 9 aromatic rings. The van der Waals surface area contributed by atoms with Crippen molar-refractivity contribution in [3.63, 3.8) is 0 Å². The predicted octanol–water partition coefficient (Wildman–Crippen LogP) is 14.0. The fourth-order valence-corrected chi connectivity index (χ4v) is 18.1. The molecule has 2 nitrogen and oxygen atoms in total. The van der Waals surface area contributed by atoms with Gasteiger partial charge in [-0.15, -0.1) is 11.3 Å². The van der Waals surface area contributed by atoms with Crippen LogP contribution in [0.2, 0.25) is 13.1 Å². The van der Waals surface area contributed by atoms with Crippen molar-refractivity contribution < 1.29 is 0 Å². The Morgan fingerprint density at radius 3 is 1.94 bits per heavy atom. The lowest BCUT2D eigenvalue weighted by molar-refractivity contribution is -0.0399. The quantitative estimate of drug-likeness (QED) is 0.165. The number of aromatic nitrogens is 2. The fraction of sp³-hybridized carbons (Fsp3) is 0.207. The lowest BCUT2D eigenvalue weighted by Gasteiger charge is -2.61. The van der Waals surface area contributed by atoms with Gasteiger partial charge in [0, 0.05) is 26.6 Å². The SMILES string of the molecule is C[Si]1(C)c2ccccc2-c2cc(-c3ccc4c(c3)-c3c(-c5nc(-c6ccc(-c7ccccc7)cc6)c6sc7ccccc7c6n5)cccc3C43C4CC5CC(C4)CC3C5)ccc21. The smallest absolute Gasteiger partial charge is 0.161 e. The van der Waals surface area contributed by atoms with Crippen molar-refractivity contribution in [3.05, 3.63) is 169 Å². The topological polar surface area (TPSA) is 25.8 Å². The number of nitrogens with zero attached hydrogens (tertiary/aromatic N) is 2. The Bertz CT molecular complexity index is 3310. The number of hydrogen-bond donors (Lipinski definition) is 0. The van der Waals surface area contributed by atoms with E-state index in [2.05, 4.69) is 171 Å². The van der Waals surface area contributed by atoms with Gasteiger partial charge in [-0.2, -0.15) is 0 Å². The number of hydrogen-bond acceptors (Lipinski definition) is 3. The predicted molar refractivity (Wildman–Crippen MR) is 262 cm³/mol. The van der Waals surface area contributed by atoms with E-state index >= 15 is 0 Å². The molecule has 4 fully saturated rings. The molecule has 0 N–H and O–H groups in total. The van der Waals surface area contributed by atoms with Gasteiger partial charge < -0.3 is 0 Å². The molecule has 0 atom stereocenters. The minimum absolute atomic E-state index is 0.0361. The van der Waals surface area contributed by atoms with E-state index in [1.54, 1.807) is 21.5 Å². The maximum atomic E-state index is 5.67. The fourth-order valence-electron chi connectivity index (χ4n) is 13.9. The average molecular weight is 831 g/mol. The van der Waals surface area contributed by atoms with Crippen molar-refractivity contribution in [3.8, 4) is 67.2 Å². The van der Waals surface area contributed by atoms with Crippen LogP contribution < -0.4 is 10.4 Å². The van der Waals surface area contributed by atoms with Crippen molar-refractivity contribution in [2.24, 2.45) is 23.7 Å². The van der Waals surface area contributed by atoms with Crippen LogP contribution in [0.1, 0.15) is 43.2 Å². The molecule has 6 aliphatic rings. The van der Waals surface area contributed by atoms with E-state index in [0.717, 1.165) is 39.1 Å². The summed E-state index contributed by atoms with van der Waals surface area (Å²) in [7, 11) is -1.75. The third kappa shape index (κ3) is 4.80. The van der Waals surface area contributed by atoms with Crippen LogP contribution in [0.25, 0.3) is 87.5 Å². The lowest BCUT2D eigenvalue weighted by atomic mass is 9.43. The molecule has 0 amide bonds. The van der Waals surface area contributed by atoms with E-state index < -0.39 is 8.07 Å². The normalized spacial score (nSPS) is 23.2. The van der Waals surface area contributed by atoms with Crippen molar-refractivity contribution in [1.82, 2.24) is 9.97 Å². The van der Waals surface area contributed by atoms with Crippen LogP contribution in [0.4, 0.5) is 0 Å². The summed E-state index contributed by atoms with van der Waals surface area (Å²) < 4.78 is 2.40. The van der Waals surface area contributed by atoms with Crippen LogP contribution >= 0.6 is 11.3 Å². The van der Waals surface area contributed by atoms with E-state index in [0.29, 0.717) is 11.8 Å². The first-order valence-electron chi connectivity index (χ1n) is 22.8. The van der Waals surface area contributed by atoms with Crippen molar-refractivity contribution in [1.29, 1.82) is 0 Å². The number of fused-ring (bicyclic) bond motifs is 9. The van der Waals surface area contributed by atoms with Crippen LogP contribution in [0, 0.1) is 23.7 Å². The lowest BCUT2D eigenvalue weighted by Crippen LogP contribution is -2.55. The first-order chi connectivity index (χ1) is 30.4. The highest BCUT2D eigenvalue weighted by Gasteiger charge is 2.62. The van der Waals surface area contributed by atoms with E-state index in [-0.39, 0.29) is 5.41 Å². The van der Waals surface area contributed by atoms with E-state index in [1.807, 2.05) is 11.3 Å².